The minimum absolute atomic E-state index is 0.0206. The molecule has 1 rings (SSSR count). The Hall–Kier alpha value is -0.620. The van der Waals surface area contributed by atoms with Gasteiger partial charge in [0.15, 0.2) is 0 Å². The summed E-state index contributed by atoms with van der Waals surface area (Å²) < 4.78 is 24.3. The van der Waals surface area contributed by atoms with Crippen molar-refractivity contribution in [2.75, 3.05) is 19.3 Å². The van der Waals surface area contributed by atoms with Crippen LogP contribution >= 0.6 is 0 Å². The van der Waals surface area contributed by atoms with E-state index in [1.54, 1.807) is 0 Å². The molecule has 5 nitrogen and oxygen atoms in total. The van der Waals surface area contributed by atoms with E-state index in [0.717, 1.165) is 19.3 Å². The van der Waals surface area contributed by atoms with E-state index in [1.165, 1.54) is 10.6 Å². The summed E-state index contributed by atoms with van der Waals surface area (Å²) in [4.78, 5) is 11.9. The molecule has 1 aliphatic heterocycles. The Kier molecular flexibility index (Phi) is 4.94. The average molecular weight is 262 g/mol. The SMILES string of the molecule is CC[C@@H](C)NC(=O)[C@H]1CCCN(S(C)(=O)=O)C1. The highest BCUT2D eigenvalue weighted by molar-refractivity contribution is 7.88. The maximum absolute atomic E-state index is 11.9. The number of carbonyl (C=O) groups excluding carboxylic acids is 1. The third kappa shape index (κ3) is 4.27. The van der Waals surface area contributed by atoms with Crippen molar-refractivity contribution in [3.63, 3.8) is 0 Å². The van der Waals surface area contributed by atoms with E-state index in [0.29, 0.717) is 13.1 Å². The highest BCUT2D eigenvalue weighted by atomic mass is 32.2. The van der Waals surface area contributed by atoms with E-state index < -0.39 is 10.0 Å². The van der Waals surface area contributed by atoms with Crippen LogP contribution in [0.5, 0.6) is 0 Å². The van der Waals surface area contributed by atoms with Gasteiger partial charge < -0.3 is 5.32 Å². The van der Waals surface area contributed by atoms with E-state index in [9.17, 15) is 13.2 Å². The van der Waals surface area contributed by atoms with E-state index in [2.05, 4.69) is 5.32 Å². The molecule has 2 atom stereocenters. The minimum Gasteiger partial charge on any atom is -0.353 e. The summed E-state index contributed by atoms with van der Waals surface area (Å²) in [6.07, 6.45) is 3.61. The summed E-state index contributed by atoms with van der Waals surface area (Å²) in [7, 11) is -3.17. The molecule has 0 bridgehead atoms. The highest BCUT2D eigenvalue weighted by Crippen LogP contribution is 2.18. The second-order valence-electron chi connectivity index (χ2n) is 4.78. The number of hydrogen-bond acceptors (Lipinski definition) is 3. The molecule has 6 heteroatoms. The van der Waals surface area contributed by atoms with Crippen LogP contribution in [0, 0.1) is 5.92 Å². The molecule has 0 unspecified atom stereocenters. The molecule has 17 heavy (non-hydrogen) atoms. The van der Waals surface area contributed by atoms with Crippen molar-refractivity contribution in [1.82, 2.24) is 9.62 Å². The monoisotopic (exact) mass is 262 g/mol. The van der Waals surface area contributed by atoms with Crippen molar-refractivity contribution in [2.45, 2.75) is 39.2 Å². The second kappa shape index (κ2) is 5.82. The van der Waals surface area contributed by atoms with E-state index in [-0.39, 0.29) is 17.9 Å². The van der Waals surface area contributed by atoms with Crippen LogP contribution in [-0.2, 0) is 14.8 Å². The van der Waals surface area contributed by atoms with Crippen molar-refractivity contribution in [1.29, 1.82) is 0 Å². The largest absolute Gasteiger partial charge is 0.353 e. The number of nitrogens with one attached hydrogen (secondary N) is 1. The Bertz CT molecular complexity index is 367. The van der Waals surface area contributed by atoms with Crippen LogP contribution in [0.1, 0.15) is 33.1 Å². The molecule has 0 aromatic rings. The standard InChI is InChI=1S/C11H22N2O3S/c1-4-9(2)12-11(14)10-6-5-7-13(8-10)17(3,15)16/h9-10H,4-8H2,1-3H3,(H,12,14)/t9-,10+/m1/s1. The van der Waals surface area contributed by atoms with Crippen molar-refractivity contribution < 1.29 is 13.2 Å². The maximum atomic E-state index is 11.9. The van der Waals surface area contributed by atoms with E-state index in [1.807, 2.05) is 13.8 Å². The zero-order chi connectivity index (χ0) is 13.1. The van der Waals surface area contributed by atoms with Gasteiger partial charge in [-0.25, -0.2) is 12.7 Å². The molecule has 1 N–H and O–H groups in total. The number of sulfonamides is 1. The Labute approximate surface area is 104 Å². The number of carbonyl (C=O) groups is 1. The van der Waals surface area contributed by atoms with Gasteiger partial charge in [0, 0.05) is 19.1 Å². The molecule has 100 valence electrons. The maximum Gasteiger partial charge on any atom is 0.224 e. The average Bonchev–Trinajstić information content (AvgIpc) is 2.28. The predicted molar refractivity (Wildman–Crippen MR) is 67.0 cm³/mol. The first kappa shape index (κ1) is 14.4. The van der Waals surface area contributed by atoms with Crippen molar-refractivity contribution in [3.05, 3.63) is 0 Å². The molecule has 1 amide bonds. The molecule has 0 aromatic carbocycles. The number of rotatable bonds is 4. The number of nitrogens with zero attached hydrogens (tertiary/aromatic N) is 1. The van der Waals surface area contributed by atoms with Gasteiger partial charge in [0.25, 0.3) is 0 Å². The summed E-state index contributed by atoms with van der Waals surface area (Å²) in [5.41, 5.74) is 0. The highest BCUT2D eigenvalue weighted by Gasteiger charge is 2.30. The quantitative estimate of drug-likeness (QED) is 0.805. The van der Waals surface area contributed by atoms with Gasteiger partial charge in [-0.15, -0.1) is 0 Å². The summed E-state index contributed by atoms with van der Waals surface area (Å²) in [5, 5.41) is 2.91. The van der Waals surface area contributed by atoms with Crippen molar-refractivity contribution >= 4 is 15.9 Å². The van der Waals surface area contributed by atoms with Gasteiger partial charge in [-0.3, -0.25) is 4.79 Å². The number of amides is 1. The van der Waals surface area contributed by atoms with Crippen LogP contribution in [-0.4, -0.2) is 44.0 Å². The molecule has 0 spiro atoms. The van der Waals surface area contributed by atoms with Gasteiger partial charge in [0.05, 0.1) is 12.2 Å². The summed E-state index contributed by atoms with van der Waals surface area (Å²) in [5.74, 6) is -0.222. The normalized spacial score (nSPS) is 24.3. The molecule has 1 aliphatic rings. The lowest BCUT2D eigenvalue weighted by molar-refractivity contribution is -0.126. The fraction of sp³-hybridized carbons (Fsp3) is 0.909. The lowest BCUT2D eigenvalue weighted by Crippen LogP contribution is -2.46. The third-order valence-corrected chi connectivity index (χ3v) is 4.49. The lowest BCUT2D eigenvalue weighted by atomic mass is 9.98. The fourth-order valence-electron chi connectivity index (χ4n) is 1.92. The van der Waals surface area contributed by atoms with Crippen LogP contribution in [0.4, 0.5) is 0 Å². The molecule has 1 saturated heterocycles. The van der Waals surface area contributed by atoms with E-state index >= 15 is 0 Å². The summed E-state index contributed by atoms with van der Waals surface area (Å²) in [6, 6.07) is 0.149. The van der Waals surface area contributed by atoms with Gasteiger partial charge in [0.1, 0.15) is 0 Å². The molecular formula is C11H22N2O3S. The lowest BCUT2D eigenvalue weighted by Gasteiger charge is -2.30. The smallest absolute Gasteiger partial charge is 0.224 e. The van der Waals surface area contributed by atoms with Crippen molar-refractivity contribution in [2.24, 2.45) is 5.92 Å². The first-order valence-corrected chi connectivity index (χ1v) is 7.95. The van der Waals surface area contributed by atoms with Gasteiger partial charge in [0.2, 0.25) is 15.9 Å². The molecule has 0 radical (unpaired) electrons. The molecular weight excluding hydrogens is 240 g/mol. The van der Waals surface area contributed by atoms with Gasteiger partial charge in [-0.05, 0) is 26.2 Å². The number of hydrogen-bond donors (Lipinski definition) is 1. The first-order valence-electron chi connectivity index (χ1n) is 6.10. The van der Waals surface area contributed by atoms with Crippen LogP contribution < -0.4 is 5.32 Å². The predicted octanol–water partition coefficient (Wildman–Crippen LogP) is 0.573. The summed E-state index contributed by atoms with van der Waals surface area (Å²) >= 11 is 0. The Morgan fingerprint density at radius 1 is 1.53 bits per heavy atom. The second-order valence-corrected chi connectivity index (χ2v) is 6.76. The number of piperidine rings is 1. The van der Waals surface area contributed by atoms with E-state index in [4.69, 9.17) is 0 Å². The first-order chi connectivity index (χ1) is 7.84. The molecule has 1 heterocycles. The molecule has 0 aromatic heterocycles. The minimum atomic E-state index is -3.17. The summed E-state index contributed by atoms with van der Waals surface area (Å²) in [6.45, 7) is 4.82. The zero-order valence-electron chi connectivity index (χ0n) is 10.8. The van der Waals surface area contributed by atoms with Gasteiger partial charge in [-0.1, -0.05) is 6.92 Å². The molecule has 1 fully saturated rings. The van der Waals surface area contributed by atoms with Gasteiger partial charge >= 0.3 is 0 Å². The van der Waals surface area contributed by atoms with Crippen LogP contribution in [0.25, 0.3) is 0 Å². The van der Waals surface area contributed by atoms with Gasteiger partial charge in [-0.2, -0.15) is 0 Å². The molecule has 0 saturated carbocycles. The van der Waals surface area contributed by atoms with Crippen molar-refractivity contribution in [3.8, 4) is 0 Å². The van der Waals surface area contributed by atoms with Crippen LogP contribution in [0.15, 0.2) is 0 Å². The molecule has 0 aliphatic carbocycles. The zero-order valence-corrected chi connectivity index (χ0v) is 11.6. The Morgan fingerprint density at radius 3 is 2.71 bits per heavy atom. The topological polar surface area (TPSA) is 66.5 Å². The third-order valence-electron chi connectivity index (χ3n) is 3.22. The Morgan fingerprint density at radius 2 is 2.18 bits per heavy atom. The van der Waals surface area contributed by atoms with Crippen LogP contribution in [0.3, 0.4) is 0 Å². The Balaban J connectivity index is 2.58. The van der Waals surface area contributed by atoms with Crippen LogP contribution in [0.2, 0.25) is 0 Å². The fourth-order valence-corrected chi connectivity index (χ4v) is 2.83.